The Morgan fingerprint density at radius 3 is 2.77 bits per heavy atom. The standard InChI is InChI=1S/C14H23N3O3S2/c1-11-10-16(2)8-9-17(11)14(18)13-5-4-12(21-13)6-7-15-22(3,19)20/h4-5,11,15H,6-10H2,1-3H3. The SMILES string of the molecule is CC1CN(C)CCN1C(=O)c1ccc(CCNS(C)(=O)=O)s1. The molecule has 0 aliphatic carbocycles. The van der Waals surface area contributed by atoms with E-state index in [-0.39, 0.29) is 11.9 Å². The smallest absolute Gasteiger partial charge is 0.264 e. The van der Waals surface area contributed by atoms with Crippen LogP contribution < -0.4 is 4.72 Å². The van der Waals surface area contributed by atoms with E-state index in [4.69, 9.17) is 0 Å². The van der Waals surface area contributed by atoms with Crippen LogP contribution in [0, 0.1) is 0 Å². The highest BCUT2D eigenvalue weighted by Crippen LogP contribution is 2.21. The number of hydrogen-bond donors (Lipinski definition) is 1. The van der Waals surface area contributed by atoms with Crippen LogP contribution in [0.2, 0.25) is 0 Å². The Bertz CT molecular complexity index is 627. The van der Waals surface area contributed by atoms with Crippen LogP contribution in [0.25, 0.3) is 0 Å². The molecule has 1 aliphatic heterocycles. The minimum atomic E-state index is -3.16. The average Bonchev–Trinajstić information content (AvgIpc) is 2.85. The van der Waals surface area contributed by atoms with Gasteiger partial charge in [0.2, 0.25) is 10.0 Å². The molecule has 0 aromatic carbocycles. The Labute approximate surface area is 136 Å². The largest absolute Gasteiger partial charge is 0.333 e. The van der Waals surface area contributed by atoms with Gasteiger partial charge in [0.15, 0.2) is 0 Å². The molecule has 22 heavy (non-hydrogen) atoms. The molecule has 0 saturated carbocycles. The Kier molecular flexibility index (Phi) is 5.60. The summed E-state index contributed by atoms with van der Waals surface area (Å²) >= 11 is 1.45. The van der Waals surface area contributed by atoms with Gasteiger partial charge in [-0.15, -0.1) is 11.3 Å². The first-order valence-corrected chi connectivity index (χ1v) is 10.00. The maximum absolute atomic E-state index is 12.6. The second kappa shape index (κ2) is 7.08. The molecule has 1 amide bonds. The van der Waals surface area contributed by atoms with Gasteiger partial charge in [0.05, 0.1) is 11.1 Å². The van der Waals surface area contributed by atoms with E-state index in [2.05, 4.69) is 23.6 Å². The molecule has 1 saturated heterocycles. The van der Waals surface area contributed by atoms with E-state index in [1.807, 2.05) is 17.0 Å². The molecule has 2 heterocycles. The third kappa shape index (κ3) is 4.77. The van der Waals surface area contributed by atoms with Crippen LogP contribution in [0.5, 0.6) is 0 Å². The van der Waals surface area contributed by atoms with Crippen molar-refractivity contribution in [2.45, 2.75) is 19.4 Å². The molecule has 1 atom stereocenters. The molecule has 0 radical (unpaired) electrons. The zero-order valence-corrected chi connectivity index (χ0v) is 14.8. The van der Waals surface area contributed by atoms with Gasteiger partial charge in [0.1, 0.15) is 0 Å². The molecule has 1 aliphatic rings. The molecule has 2 rings (SSSR count). The number of carbonyl (C=O) groups excluding carboxylic acids is 1. The molecular formula is C14H23N3O3S2. The maximum Gasteiger partial charge on any atom is 0.264 e. The zero-order valence-electron chi connectivity index (χ0n) is 13.2. The van der Waals surface area contributed by atoms with Crippen molar-refractivity contribution in [3.05, 3.63) is 21.9 Å². The summed E-state index contributed by atoms with van der Waals surface area (Å²) in [4.78, 5) is 18.5. The number of rotatable bonds is 5. The summed E-state index contributed by atoms with van der Waals surface area (Å²) in [5.41, 5.74) is 0. The first kappa shape index (κ1) is 17.4. The summed E-state index contributed by atoms with van der Waals surface area (Å²) in [6.07, 6.45) is 1.74. The lowest BCUT2D eigenvalue weighted by Gasteiger charge is -2.38. The monoisotopic (exact) mass is 345 g/mol. The average molecular weight is 345 g/mol. The van der Waals surface area contributed by atoms with Crippen LogP contribution in [0.3, 0.4) is 0 Å². The van der Waals surface area contributed by atoms with Crippen LogP contribution in [-0.2, 0) is 16.4 Å². The van der Waals surface area contributed by atoms with E-state index in [0.717, 1.165) is 35.6 Å². The quantitative estimate of drug-likeness (QED) is 0.849. The van der Waals surface area contributed by atoms with Crippen molar-refractivity contribution in [3.8, 4) is 0 Å². The minimum absolute atomic E-state index is 0.0768. The fraction of sp³-hybridized carbons (Fsp3) is 0.643. The molecule has 1 fully saturated rings. The van der Waals surface area contributed by atoms with E-state index in [9.17, 15) is 13.2 Å². The number of likely N-dealkylation sites (N-methyl/N-ethyl adjacent to an activating group) is 1. The Balaban J connectivity index is 1.94. The molecule has 0 spiro atoms. The van der Waals surface area contributed by atoms with Gasteiger partial charge in [-0.2, -0.15) is 0 Å². The fourth-order valence-electron chi connectivity index (χ4n) is 2.57. The van der Waals surface area contributed by atoms with Crippen LogP contribution in [0.15, 0.2) is 12.1 Å². The van der Waals surface area contributed by atoms with Gasteiger partial charge in [-0.25, -0.2) is 13.1 Å². The van der Waals surface area contributed by atoms with E-state index >= 15 is 0 Å². The lowest BCUT2D eigenvalue weighted by atomic mass is 10.2. The lowest BCUT2D eigenvalue weighted by Crippen LogP contribution is -2.52. The summed E-state index contributed by atoms with van der Waals surface area (Å²) in [6, 6.07) is 3.96. The second-order valence-electron chi connectivity index (χ2n) is 5.79. The fourth-order valence-corrected chi connectivity index (χ4v) is 4.01. The molecule has 124 valence electrons. The predicted molar refractivity (Wildman–Crippen MR) is 88.9 cm³/mol. The van der Waals surface area contributed by atoms with E-state index in [1.54, 1.807) is 0 Å². The number of carbonyl (C=O) groups is 1. The molecule has 8 heteroatoms. The molecular weight excluding hydrogens is 322 g/mol. The molecule has 6 nitrogen and oxygen atoms in total. The maximum atomic E-state index is 12.6. The van der Waals surface area contributed by atoms with Crippen LogP contribution in [0.4, 0.5) is 0 Å². The minimum Gasteiger partial charge on any atom is -0.333 e. The van der Waals surface area contributed by atoms with Crippen molar-refractivity contribution in [3.63, 3.8) is 0 Å². The van der Waals surface area contributed by atoms with Crippen molar-refractivity contribution in [1.29, 1.82) is 0 Å². The predicted octanol–water partition coefficient (Wildman–Crippen LogP) is 0.616. The van der Waals surface area contributed by atoms with Gasteiger partial charge in [-0.3, -0.25) is 4.79 Å². The van der Waals surface area contributed by atoms with Crippen molar-refractivity contribution in [2.75, 3.05) is 39.5 Å². The number of thiophene rings is 1. The molecule has 1 aromatic heterocycles. The highest BCUT2D eigenvalue weighted by atomic mass is 32.2. The Hall–Kier alpha value is -0.960. The summed E-state index contributed by atoms with van der Waals surface area (Å²) in [5.74, 6) is 0.0768. The first-order valence-electron chi connectivity index (χ1n) is 7.29. The number of piperazine rings is 1. The van der Waals surface area contributed by atoms with Crippen molar-refractivity contribution >= 4 is 27.3 Å². The van der Waals surface area contributed by atoms with Crippen LogP contribution in [-0.4, -0.2) is 69.6 Å². The molecule has 1 N–H and O–H groups in total. The van der Waals surface area contributed by atoms with E-state index in [1.165, 1.54) is 11.3 Å². The van der Waals surface area contributed by atoms with Gasteiger partial charge in [-0.05, 0) is 32.5 Å². The van der Waals surface area contributed by atoms with Gasteiger partial charge in [0, 0.05) is 37.1 Å². The Morgan fingerprint density at radius 2 is 2.14 bits per heavy atom. The number of sulfonamides is 1. The summed E-state index contributed by atoms with van der Waals surface area (Å²) < 4.78 is 24.5. The normalized spacial score (nSPS) is 20.3. The van der Waals surface area contributed by atoms with Crippen molar-refractivity contribution in [2.24, 2.45) is 0 Å². The number of nitrogens with one attached hydrogen (secondary N) is 1. The lowest BCUT2D eigenvalue weighted by molar-refractivity contribution is 0.0538. The molecule has 1 aromatic rings. The third-order valence-corrected chi connectivity index (χ3v) is 5.56. The summed E-state index contributed by atoms with van der Waals surface area (Å²) in [5, 5.41) is 0. The van der Waals surface area contributed by atoms with E-state index < -0.39 is 10.0 Å². The van der Waals surface area contributed by atoms with Gasteiger partial charge >= 0.3 is 0 Å². The Morgan fingerprint density at radius 1 is 1.41 bits per heavy atom. The topological polar surface area (TPSA) is 69.7 Å². The first-order chi connectivity index (χ1) is 10.3. The van der Waals surface area contributed by atoms with Gasteiger partial charge in [0.25, 0.3) is 5.91 Å². The summed E-state index contributed by atoms with van der Waals surface area (Å²) in [6.45, 7) is 4.96. The van der Waals surface area contributed by atoms with Crippen molar-refractivity contribution in [1.82, 2.24) is 14.5 Å². The van der Waals surface area contributed by atoms with Crippen LogP contribution in [0.1, 0.15) is 21.5 Å². The number of nitrogens with zero attached hydrogens (tertiary/aromatic N) is 2. The highest BCUT2D eigenvalue weighted by molar-refractivity contribution is 7.88. The highest BCUT2D eigenvalue weighted by Gasteiger charge is 2.27. The number of hydrogen-bond acceptors (Lipinski definition) is 5. The van der Waals surface area contributed by atoms with Crippen LogP contribution >= 0.6 is 11.3 Å². The van der Waals surface area contributed by atoms with Gasteiger partial charge in [-0.1, -0.05) is 0 Å². The summed E-state index contributed by atoms with van der Waals surface area (Å²) in [7, 11) is -1.09. The zero-order chi connectivity index (χ0) is 16.3. The second-order valence-corrected chi connectivity index (χ2v) is 8.79. The molecule has 1 unspecified atom stereocenters. The molecule has 0 bridgehead atoms. The third-order valence-electron chi connectivity index (χ3n) is 3.70. The van der Waals surface area contributed by atoms with Crippen molar-refractivity contribution < 1.29 is 13.2 Å². The van der Waals surface area contributed by atoms with Gasteiger partial charge < -0.3 is 9.80 Å². The van der Waals surface area contributed by atoms with E-state index in [0.29, 0.717) is 13.0 Å². The number of amides is 1.